The van der Waals surface area contributed by atoms with Crippen LogP contribution in [0.25, 0.3) is 11.5 Å². The monoisotopic (exact) mass is 459 g/mol. The molecule has 3 heterocycles. The number of ketones is 1. The summed E-state index contributed by atoms with van der Waals surface area (Å²) < 4.78 is 5.43. The molecule has 5 rings (SSSR count). The van der Waals surface area contributed by atoms with E-state index in [2.05, 4.69) is 37.4 Å². The molecule has 0 bridgehead atoms. The van der Waals surface area contributed by atoms with Crippen molar-refractivity contribution in [2.75, 3.05) is 45.8 Å². The van der Waals surface area contributed by atoms with Gasteiger partial charge in [-0.25, -0.2) is 0 Å². The molecule has 0 saturated carbocycles. The molecule has 1 fully saturated rings. The van der Waals surface area contributed by atoms with Crippen LogP contribution < -0.4 is 5.32 Å². The van der Waals surface area contributed by atoms with Crippen LogP contribution in [0.3, 0.4) is 0 Å². The van der Waals surface area contributed by atoms with Crippen molar-refractivity contribution in [3.63, 3.8) is 0 Å². The average Bonchev–Trinajstić information content (AvgIpc) is 3.21. The van der Waals surface area contributed by atoms with Crippen LogP contribution in [-0.4, -0.2) is 71.5 Å². The maximum Gasteiger partial charge on any atom is 0.257 e. The number of carbonyl (C=O) groups is 1. The maximum atomic E-state index is 12.8. The SMILES string of the molecule is O=C(CCCN1CCN(Cc2noc(-c3ccccc3)n2)CC1)c1ccc2c(c1)CCNCC2. The van der Waals surface area contributed by atoms with E-state index in [1.807, 2.05) is 36.4 Å². The molecule has 0 amide bonds. The molecule has 0 atom stereocenters. The van der Waals surface area contributed by atoms with Gasteiger partial charge in [-0.05, 0) is 68.2 Å². The summed E-state index contributed by atoms with van der Waals surface area (Å²) in [5.41, 5.74) is 4.55. The summed E-state index contributed by atoms with van der Waals surface area (Å²) in [5, 5.41) is 7.59. The first-order chi connectivity index (χ1) is 16.7. The number of fused-ring (bicyclic) bond motifs is 1. The van der Waals surface area contributed by atoms with Crippen LogP contribution >= 0.6 is 0 Å². The quantitative estimate of drug-likeness (QED) is 0.519. The Labute approximate surface area is 201 Å². The lowest BCUT2D eigenvalue weighted by Gasteiger charge is -2.33. The highest BCUT2D eigenvalue weighted by molar-refractivity contribution is 5.96. The number of nitrogens with zero attached hydrogens (tertiary/aromatic N) is 4. The Morgan fingerprint density at radius 1 is 0.941 bits per heavy atom. The van der Waals surface area contributed by atoms with Gasteiger partial charge >= 0.3 is 0 Å². The molecule has 0 aliphatic carbocycles. The summed E-state index contributed by atoms with van der Waals surface area (Å²) in [6, 6.07) is 16.2. The third-order valence-corrected chi connectivity index (χ3v) is 6.87. The molecule has 2 aliphatic rings. The Bertz CT molecular complexity index is 1090. The summed E-state index contributed by atoms with van der Waals surface area (Å²) in [4.78, 5) is 22.1. The highest BCUT2D eigenvalue weighted by Crippen LogP contribution is 2.19. The molecule has 0 spiro atoms. The number of benzene rings is 2. The van der Waals surface area contributed by atoms with Gasteiger partial charge < -0.3 is 14.7 Å². The minimum atomic E-state index is 0.268. The Hall–Kier alpha value is -2.87. The second-order valence-corrected chi connectivity index (χ2v) is 9.26. The van der Waals surface area contributed by atoms with E-state index in [0.29, 0.717) is 18.9 Å². The molecule has 7 heteroatoms. The smallest absolute Gasteiger partial charge is 0.257 e. The van der Waals surface area contributed by atoms with Crippen LogP contribution in [0.1, 0.15) is 40.2 Å². The summed E-state index contributed by atoms with van der Waals surface area (Å²) in [7, 11) is 0. The number of aromatic nitrogens is 2. The van der Waals surface area contributed by atoms with E-state index in [4.69, 9.17) is 4.52 Å². The predicted octanol–water partition coefficient (Wildman–Crippen LogP) is 3.21. The van der Waals surface area contributed by atoms with Gasteiger partial charge in [0.1, 0.15) is 0 Å². The number of carbonyl (C=O) groups excluding carboxylic acids is 1. The molecule has 178 valence electrons. The van der Waals surface area contributed by atoms with E-state index in [9.17, 15) is 4.79 Å². The maximum absolute atomic E-state index is 12.8. The Kier molecular flexibility index (Phi) is 7.43. The minimum absolute atomic E-state index is 0.268. The third-order valence-electron chi connectivity index (χ3n) is 6.87. The molecule has 3 aromatic rings. The van der Waals surface area contributed by atoms with E-state index < -0.39 is 0 Å². The lowest BCUT2D eigenvalue weighted by molar-refractivity contribution is 0.0957. The van der Waals surface area contributed by atoms with Crippen molar-refractivity contribution < 1.29 is 9.32 Å². The van der Waals surface area contributed by atoms with Gasteiger partial charge in [-0.3, -0.25) is 9.69 Å². The second-order valence-electron chi connectivity index (χ2n) is 9.26. The number of piperazine rings is 1. The Morgan fingerprint density at radius 2 is 1.71 bits per heavy atom. The predicted molar refractivity (Wildman–Crippen MR) is 132 cm³/mol. The zero-order valence-electron chi connectivity index (χ0n) is 19.7. The molecule has 1 saturated heterocycles. The molecule has 0 radical (unpaired) electrons. The van der Waals surface area contributed by atoms with Crippen molar-refractivity contribution in [2.24, 2.45) is 0 Å². The van der Waals surface area contributed by atoms with E-state index in [-0.39, 0.29) is 5.78 Å². The molecule has 1 N–H and O–H groups in total. The summed E-state index contributed by atoms with van der Waals surface area (Å²) >= 11 is 0. The topological polar surface area (TPSA) is 74.5 Å². The lowest BCUT2D eigenvalue weighted by atomic mass is 9.97. The number of Topliss-reactive ketones (excluding diaryl/α,β-unsaturated/α-hetero) is 1. The summed E-state index contributed by atoms with van der Waals surface area (Å²) in [6.07, 6.45) is 3.58. The molecule has 2 aromatic carbocycles. The van der Waals surface area contributed by atoms with Crippen LogP contribution in [0.2, 0.25) is 0 Å². The van der Waals surface area contributed by atoms with Crippen molar-refractivity contribution in [2.45, 2.75) is 32.2 Å². The Morgan fingerprint density at radius 3 is 2.53 bits per heavy atom. The summed E-state index contributed by atoms with van der Waals surface area (Å²) in [5.74, 6) is 1.57. The molecule has 1 aromatic heterocycles. The largest absolute Gasteiger partial charge is 0.334 e. The van der Waals surface area contributed by atoms with Gasteiger partial charge in [0.05, 0.1) is 6.54 Å². The van der Waals surface area contributed by atoms with Gasteiger partial charge in [0.25, 0.3) is 5.89 Å². The van der Waals surface area contributed by atoms with Crippen molar-refractivity contribution in [3.05, 3.63) is 71.0 Å². The van der Waals surface area contributed by atoms with Gasteiger partial charge in [0.15, 0.2) is 11.6 Å². The van der Waals surface area contributed by atoms with Gasteiger partial charge in [0.2, 0.25) is 0 Å². The van der Waals surface area contributed by atoms with Crippen molar-refractivity contribution in [3.8, 4) is 11.5 Å². The highest BCUT2D eigenvalue weighted by atomic mass is 16.5. The lowest BCUT2D eigenvalue weighted by Crippen LogP contribution is -2.46. The third kappa shape index (κ3) is 5.78. The van der Waals surface area contributed by atoms with Gasteiger partial charge in [-0.2, -0.15) is 4.98 Å². The van der Waals surface area contributed by atoms with Crippen LogP contribution in [-0.2, 0) is 19.4 Å². The van der Waals surface area contributed by atoms with E-state index >= 15 is 0 Å². The van der Waals surface area contributed by atoms with Crippen molar-refractivity contribution in [1.82, 2.24) is 25.3 Å². The number of hydrogen-bond acceptors (Lipinski definition) is 7. The first kappa shape index (κ1) is 22.9. The Balaban J connectivity index is 1.04. The van der Waals surface area contributed by atoms with Crippen LogP contribution in [0.4, 0.5) is 0 Å². The first-order valence-corrected chi connectivity index (χ1v) is 12.4. The molecule has 0 unspecified atom stereocenters. The van der Waals surface area contributed by atoms with E-state index in [0.717, 1.165) is 82.0 Å². The van der Waals surface area contributed by atoms with Crippen molar-refractivity contribution >= 4 is 5.78 Å². The van der Waals surface area contributed by atoms with Crippen molar-refractivity contribution in [1.29, 1.82) is 0 Å². The normalized spacial score (nSPS) is 17.3. The number of hydrogen-bond donors (Lipinski definition) is 1. The van der Waals surface area contributed by atoms with Gasteiger partial charge in [0, 0.05) is 43.7 Å². The van der Waals surface area contributed by atoms with Gasteiger partial charge in [-0.1, -0.05) is 35.5 Å². The standard InChI is InChI=1S/C27H33N5O2/c33-25(24-9-8-21-10-12-28-13-11-23(21)19-24)7-4-14-31-15-17-32(18-16-31)20-26-29-27(34-30-26)22-5-2-1-3-6-22/h1-3,5-6,8-9,19,28H,4,7,10-18,20H2. The van der Waals surface area contributed by atoms with E-state index in [1.165, 1.54) is 11.1 Å². The average molecular weight is 460 g/mol. The first-order valence-electron chi connectivity index (χ1n) is 12.4. The molecule has 2 aliphatic heterocycles. The second kappa shape index (κ2) is 11.0. The zero-order valence-corrected chi connectivity index (χ0v) is 19.7. The fraction of sp³-hybridized carbons (Fsp3) is 0.444. The molecule has 7 nitrogen and oxygen atoms in total. The van der Waals surface area contributed by atoms with Gasteiger partial charge in [-0.15, -0.1) is 0 Å². The van der Waals surface area contributed by atoms with Crippen LogP contribution in [0.15, 0.2) is 53.1 Å². The number of rotatable bonds is 8. The fourth-order valence-electron chi connectivity index (χ4n) is 4.84. The summed E-state index contributed by atoms with van der Waals surface area (Å²) in [6.45, 7) is 7.65. The molecule has 34 heavy (non-hydrogen) atoms. The van der Waals surface area contributed by atoms with E-state index in [1.54, 1.807) is 0 Å². The minimum Gasteiger partial charge on any atom is -0.334 e. The van der Waals surface area contributed by atoms with Crippen LogP contribution in [0, 0.1) is 0 Å². The zero-order chi connectivity index (χ0) is 23.2. The molecular weight excluding hydrogens is 426 g/mol. The highest BCUT2D eigenvalue weighted by Gasteiger charge is 2.20. The number of nitrogens with one attached hydrogen (secondary N) is 1. The fourth-order valence-corrected chi connectivity index (χ4v) is 4.84. The molecular formula is C27H33N5O2. The van der Waals surface area contributed by atoms with Crippen LogP contribution in [0.5, 0.6) is 0 Å².